The zero-order chi connectivity index (χ0) is 31.1. The third-order valence-electron chi connectivity index (χ3n) is 8.26. The maximum Gasteiger partial charge on any atom is 0.220 e. The first-order chi connectivity index (χ1) is 19.9. The second-order valence-corrected chi connectivity index (χ2v) is 11.5. The zero-order valence-corrected chi connectivity index (χ0v) is 27.3. The fourth-order valence-electron chi connectivity index (χ4n) is 5.57. The minimum Gasteiger partial charge on any atom is -1.00 e. The number of carbonyl (C=O) groups is 1. The molecule has 7 unspecified atom stereocenters. The topological polar surface area (TPSA) is 286 Å². The molecule has 3 fully saturated rings. The highest BCUT2D eigenvalue weighted by atomic mass is 35.5. The molecule has 45 heavy (non-hydrogen) atoms. The average molecular weight is 717 g/mol. The number of ether oxygens (including phenoxy) is 4. The van der Waals surface area contributed by atoms with Crippen molar-refractivity contribution in [2.45, 2.75) is 144 Å². The third kappa shape index (κ3) is 11.4. The van der Waals surface area contributed by atoms with Crippen LogP contribution in [0.3, 0.4) is 0 Å². The first kappa shape index (κ1) is 44.8. The highest BCUT2D eigenvalue weighted by molar-refractivity contribution is 5.75. The SMILES string of the molecule is CCCCCCCC(=O)NCC1O[C@H](OC2C(N)CC(N)[C@@H](OC3O[C@H](CO)C(O)[C@@H](N)[C@H]3O)[C@H]2O)C(O)[C@@H](O)[C@@H]1O.[Cl-].[Cl-].[Cl-]. The lowest BCUT2D eigenvalue weighted by atomic mass is 9.84. The Morgan fingerprint density at radius 3 is 1.82 bits per heavy atom. The summed E-state index contributed by atoms with van der Waals surface area (Å²) in [7, 11) is 0. The summed E-state index contributed by atoms with van der Waals surface area (Å²) in [5, 5.41) is 75.3. The van der Waals surface area contributed by atoms with Gasteiger partial charge in [-0.15, -0.1) is 0 Å². The molecule has 0 aromatic carbocycles. The van der Waals surface area contributed by atoms with Gasteiger partial charge in [0.25, 0.3) is 0 Å². The van der Waals surface area contributed by atoms with E-state index in [1.165, 1.54) is 0 Å². The molecule has 3 aliphatic rings. The fraction of sp³-hybridized carbons (Fsp3) is 0.962. The molecule has 0 bridgehead atoms. The molecule has 16 nitrogen and oxygen atoms in total. The van der Waals surface area contributed by atoms with Gasteiger partial charge in [-0.25, -0.2) is 0 Å². The number of hydrogen-bond acceptors (Lipinski definition) is 15. The van der Waals surface area contributed by atoms with Crippen LogP contribution in [0, 0.1) is 0 Å². The predicted molar refractivity (Wildman–Crippen MR) is 145 cm³/mol. The van der Waals surface area contributed by atoms with Crippen LogP contribution in [-0.4, -0.2) is 147 Å². The molecule has 1 aliphatic carbocycles. The monoisotopic (exact) mass is 715 g/mol. The van der Waals surface area contributed by atoms with Crippen LogP contribution in [0.25, 0.3) is 0 Å². The van der Waals surface area contributed by atoms with Crippen molar-refractivity contribution in [2.75, 3.05) is 13.2 Å². The third-order valence-corrected chi connectivity index (χ3v) is 8.26. The van der Waals surface area contributed by atoms with Crippen molar-refractivity contribution in [1.29, 1.82) is 0 Å². The van der Waals surface area contributed by atoms with Gasteiger partial charge in [0.1, 0.15) is 61.0 Å². The maximum atomic E-state index is 12.3. The molecule has 1 saturated carbocycles. The number of amides is 1. The molecule has 3 rings (SSSR count). The molecule has 15 atom stereocenters. The molecule has 0 spiro atoms. The highest BCUT2D eigenvalue weighted by Gasteiger charge is 2.51. The minimum absolute atomic E-state index is 0. The van der Waals surface area contributed by atoms with Crippen molar-refractivity contribution in [2.24, 2.45) is 17.2 Å². The second kappa shape index (κ2) is 21.0. The molecule has 2 aliphatic heterocycles. The summed E-state index contributed by atoms with van der Waals surface area (Å²) in [6.45, 7) is 1.33. The number of nitrogens with two attached hydrogens (primary N) is 3. The Morgan fingerprint density at radius 2 is 1.27 bits per heavy atom. The number of hydrogen-bond donors (Lipinski definition) is 11. The van der Waals surface area contributed by atoms with Crippen LogP contribution >= 0.6 is 0 Å². The number of carbonyl (C=O) groups excluding carboxylic acids is 1. The number of aliphatic hydroxyl groups is 7. The lowest BCUT2D eigenvalue weighted by molar-refractivity contribution is -0.332. The van der Waals surface area contributed by atoms with Gasteiger partial charge in [-0.2, -0.15) is 0 Å². The summed E-state index contributed by atoms with van der Waals surface area (Å²) in [6.07, 6.45) is -12.0. The first-order valence-electron chi connectivity index (χ1n) is 14.8. The minimum atomic E-state index is -1.73. The van der Waals surface area contributed by atoms with E-state index in [0.29, 0.717) is 12.8 Å². The molecule has 14 N–H and O–H groups in total. The maximum absolute atomic E-state index is 12.3. The summed E-state index contributed by atoms with van der Waals surface area (Å²) in [6, 6.07) is -2.97. The van der Waals surface area contributed by atoms with Crippen molar-refractivity contribution in [1.82, 2.24) is 5.32 Å². The predicted octanol–water partition coefficient (Wildman–Crippen LogP) is -13.8. The molecule has 0 aromatic rings. The molecule has 270 valence electrons. The molecule has 19 heteroatoms. The van der Waals surface area contributed by atoms with E-state index < -0.39 is 98.4 Å². The van der Waals surface area contributed by atoms with Crippen LogP contribution in [-0.2, 0) is 23.7 Å². The number of halogens is 3. The van der Waals surface area contributed by atoms with Gasteiger partial charge < -0.3 is 114 Å². The van der Waals surface area contributed by atoms with Gasteiger partial charge in [-0.1, -0.05) is 32.6 Å². The molecular weight excluding hydrogens is 667 g/mol. The van der Waals surface area contributed by atoms with E-state index in [4.69, 9.17) is 36.1 Å². The summed E-state index contributed by atoms with van der Waals surface area (Å²) in [5.74, 6) is -0.248. The molecule has 1 amide bonds. The van der Waals surface area contributed by atoms with Crippen LogP contribution < -0.4 is 59.7 Å². The molecule has 2 heterocycles. The lowest BCUT2D eigenvalue weighted by Crippen LogP contribution is -3.00. The Bertz CT molecular complexity index is 846. The number of unbranched alkanes of at least 4 members (excludes halogenated alkanes) is 4. The van der Waals surface area contributed by atoms with E-state index in [1.807, 2.05) is 0 Å². The largest absolute Gasteiger partial charge is 1.00 e. The van der Waals surface area contributed by atoms with Gasteiger partial charge in [-0.05, 0) is 12.8 Å². The quantitative estimate of drug-likeness (QED) is 0.0790. The van der Waals surface area contributed by atoms with Crippen LogP contribution in [0.1, 0.15) is 51.9 Å². The first-order valence-corrected chi connectivity index (χ1v) is 14.8. The number of nitrogens with one attached hydrogen (secondary N) is 1. The van der Waals surface area contributed by atoms with Crippen molar-refractivity contribution >= 4 is 5.91 Å². The average Bonchev–Trinajstić information content (AvgIpc) is 2.96. The molecule has 0 radical (unpaired) electrons. The van der Waals surface area contributed by atoms with Crippen molar-refractivity contribution in [3.05, 3.63) is 0 Å². The van der Waals surface area contributed by atoms with Crippen molar-refractivity contribution in [3.8, 4) is 0 Å². The summed E-state index contributed by atoms with van der Waals surface area (Å²) in [5.41, 5.74) is 18.2. The van der Waals surface area contributed by atoms with Gasteiger partial charge in [0.05, 0.1) is 12.6 Å². The Balaban J connectivity index is 0.00000645. The van der Waals surface area contributed by atoms with Crippen LogP contribution in [0.15, 0.2) is 0 Å². The second-order valence-electron chi connectivity index (χ2n) is 11.5. The summed E-state index contributed by atoms with van der Waals surface area (Å²) >= 11 is 0. The van der Waals surface area contributed by atoms with E-state index >= 15 is 0 Å². The normalized spacial score (nSPS) is 41.6. The molecule has 2 saturated heterocycles. The van der Waals surface area contributed by atoms with Gasteiger partial charge >= 0.3 is 0 Å². The van der Waals surface area contributed by atoms with E-state index in [1.54, 1.807) is 0 Å². The number of aliphatic hydroxyl groups excluding tert-OH is 7. The molecule has 0 aromatic heterocycles. The smallest absolute Gasteiger partial charge is 0.220 e. The Morgan fingerprint density at radius 1 is 0.733 bits per heavy atom. The molecular formula is C26H50Cl3N4O12-3. The van der Waals surface area contributed by atoms with Crippen molar-refractivity contribution in [3.63, 3.8) is 0 Å². The highest BCUT2D eigenvalue weighted by Crippen LogP contribution is 2.31. The zero-order valence-electron chi connectivity index (χ0n) is 25.1. The Hall–Kier alpha value is -0.220. The van der Waals surface area contributed by atoms with Crippen LogP contribution in [0.5, 0.6) is 0 Å². The standard InChI is InChI=1S/C26H50N4O12.3ClH/c1-2-3-4-5-6-7-15(32)30-9-13-18(34)20(36)21(37)26(39-13)42-24-12(28)8-11(27)23(22(24)38)41-25-19(35)16(29)17(33)14(10-31)40-25;;;/h11-14,16-26,31,33-38H,2-10,27-29H2,1H3,(H,30,32);3*1H/p-3/t11?,12?,13?,14-,16-,17?,18-,19-,20+,21?,22-,23-,24?,25?,26-;;;/m1.../s1. The Kier molecular flexibility index (Phi) is 20.9. The van der Waals surface area contributed by atoms with Crippen LogP contribution in [0.4, 0.5) is 0 Å². The van der Waals surface area contributed by atoms with E-state index in [9.17, 15) is 40.5 Å². The van der Waals surface area contributed by atoms with Gasteiger partial charge in [0.15, 0.2) is 12.6 Å². The van der Waals surface area contributed by atoms with E-state index in [0.717, 1.165) is 25.7 Å². The number of rotatable bonds is 13. The summed E-state index contributed by atoms with van der Waals surface area (Å²) in [4.78, 5) is 12.3. The van der Waals surface area contributed by atoms with Crippen LogP contribution in [0.2, 0.25) is 0 Å². The Labute approximate surface area is 281 Å². The van der Waals surface area contributed by atoms with Gasteiger partial charge in [0, 0.05) is 25.0 Å². The van der Waals surface area contributed by atoms with Crippen molar-refractivity contribution < 1.29 is 96.7 Å². The van der Waals surface area contributed by atoms with Gasteiger partial charge in [0.2, 0.25) is 5.91 Å². The fourth-order valence-corrected chi connectivity index (χ4v) is 5.57. The van der Waals surface area contributed by atoms with Gasteiger partial charge in [-0.3, -0.25) is 4.79 Å². The van der Waals surface area contributed by atoms with E-state index in [2.05, 4.69) is 12.2 Å². The summed E-state index contributed by atoms with van der Waals surface area (Å²) < 4.78 is 22.7. The lowest BCUT2D eigenvalue weighted by Gasteiger charge is -2.48. The van der Waals surface area contributed by atoms with E-state index in [-0.39, 0.29) is 56.1 Å².